The van der Waals surface area contributed by atoms with Crippen LogP contribution in [0.15, 0.2) is 36.4 Å². The number of hydrogen-bond acceptors (Lipinski definition) is 4. The smallest absolute Gasteiger partial charge is 0.269 e. The number of carbonyl (C=O) groups is 2. The van der Waals surface area contributed by atoms with Gasteiger partial charge in [-0.2, -0.15) is 0 Å². The molecule has 0 aliphatic rings. The Hall–Kier alpha value is -3.55. The molecule has 0 radical (unpaired) electrons. The molecule has 0 bridgehead atoms. The minimum absolute atomic E-state index is 0.0138. The SMILES string of the molecule is COc1cc(C(=O)NNC(=O)Cc2c(C)[nH]c3ccc(F)cc23)ccc1OC(C)C. The number of rotatable bonds is 6. The van der Waals surface area contributed by atoms with E-state index in [0.29, 0.717) is 28.0 Å². The number of aromatic nitrogens is 1. The first kappa shape index (κ1) is 21.2. The first-order valence-electron chi connectivity index (χ1n) is 9.49. The summed E-state index contributed by atoms with van der Waals surface area (Å²) >= 11 is 0. The summed E-state index contributed by atoms with van der Waals surface area (Å²) in [6.45, 7) is 5.59. The number of carbonyl (C=O) groups excluding carboxylic acids is 2. The Bertz CT molecular complexity index is 1090. The van der Waals surface area contributed by atoms with Crippen LogP contribution in [0.2, 0.25) is 0 Å². The van der Waals surface area contributed by atoms with Crippen molar-refractivity contribution in [1.29, 1.82) is 0 Å². The number of aromatic amines is 1. The van der Waals surface area contributed by atoms with Crippen LogP contribution in [0.25, 0.3) is 10.9 Å². The summed E-state index contributed by atoms with van der Waals surface area (Å²) in [5.74, 6) is -0.368. The van der Waals surface area contributed by atoms with Gasteiger partial charge in [-0.25, -0.2) is 4.39 Å². The summed E-state index contributed by atoms with van der Waals surface area (Å²) < 4.78 is 24.5. The predicted octanol–water partition coefficient (Wildman–Crippen LogP) is 3.41. The topological polar surface area (TPSA) is 92.5 Å². The van der Waals surface area contributed by atoms with Gasteiger partial charge in [0.2, 0.25) is 5.91 Å². The van der Waals surface area contributed by atoms with Gasteiger partial charge < -0.3 is 14.5 Å². The minimum atomic E-state index is -0.501. The molecule has 3 rings (SSSR count). The van der Waals surface area contributed by atoms with Crippen LogP contribution in [0.1, 0.15) is 35.5 Å². The Labute approximate surface area is 173 Å². The van der Waals surface area contributed by atoms with E-state index in [1.54, 1.807) is 18.2 Å². The van der Waals surface area contributed by atoms with E-state index in [-0.39, 0.29) is 18.3 Å². The van der Waals surface area contributed by atoms with Crippen LogP contribution in [0.5, 0.6) is 11.5 Å². The third kappa shape index (κ3) is 4.71. The Morgan fingerprint density at radius 1 is 1.10 bits per heavy atom. The van der Waals surface area contributed by atoms with Gasteiger partial charge in [-0.15, -0.1) is 0 Å². The van der Waals surface area contributed by atoms with Crippen molar-refractivity contribution in [2.24, 2.45) is 0 Å². The van der Waals surface area contributed by atoms with Crippen molar-refractivity contribution in [2.75, 3.05) is 7.11 Å². The number of H-pyrrole nitrogens is 1. The second-order valence-electron chi connectivity index (χ2n) is 7.13. The van der Waals surface area contributed by atoms with Crippen molar-refractivity contribution < 1.29 is 23.5 Å². The molecule has 30 heavy (non-hydrogen) atoms. The Morgan fingerprint density at radius 3 is 2.57 bits per heavy atom. The number of ether oxygens (including phenoxy) is 2. The molecule has 0 aliphatic heterocycles. The fraction of sp³-hybridized carbons (Fsp3) is 0.273. The molecule has 1 heterocycles. The predicted molar refractivity (Wildman–Crippen MR) is 111 cm³/mol. The summed E-state index contributed by atoms with van der Waals surface area (Å²) in [6, 6.07) is 9.11. The molecule has 0 atom stereocenters. The van der Waals surface area contributed by atoms with Crippen molar-refractivity contribution >= 4 is 22.7 Å². The van der Waals surface area contributed by atoms with Crippen molar-refractivity contribution in [2.45, 2.75) is 33.3 Å². The zero-order chi connectivity index (χ0) is 21.8. The maximum absolute atomic E-state index is 13.6. The van der Waals surface area contributed by atoms with Crippen LogP contribution < -0.4 is 20.3 Å². The van der Waals surface area contributed by atoms with E-state index < -0.39 is 11.8 Å². The maximum Gasteiger partial charge on any atom is 0.269 e. The van der Waals surface area contributed by atoms with Crippen LogP contribution in [0, 0.1) is 12.7 Å². The van der Waals surface area contributed by atoms with E-state index in [2.05, 4.69) is 15.8 Å². The second kappa shape index (κ2) is 8.86. The van der Waals surface area contributed by atoms with E-state index in [4.69, 9.17) is 9.47 Å². The van der Waals surface area contributed by atoms with Gasteiger partial charge >= 0.3 is 0 Å². The summed E-state index contributed by atoms with van der Waals surface area (Å²) in [4.78, 5) is 27.9. The maximum atomic E-state index is 13.6. The quantitative estimate of drug-likeness (QED) is 0.540. The number of hydrogen-bond donors (Lipinski definition) is 3. The molecule has 1 aromatic heterocycles. The fourth-order valence-corrected chi connectivity index (χ4v) is 3.15. The zero-order valence-electron chi connectivity index (χ0n) is 17.3. The lowest BCUT2D eigenvalue weighted by Gasteiger charge is -2.14. The minimum Gasteiger partial charge on any atom is -0.493 e. The van der Waals surface area contributed by atoms with Gasteiger partial charge in [-0.3, -0.25) is 20.4 Å². The van der Waals surface area contributed by atoms with Crippen molar-refractivity contribution in [1.82, 2.24) is 15.8 Å². The Morgan fingerprint density at radius 2 is 1.87 bits per heavy atom. The van der Waals surface area contributed by atoms with Gasteiger partial charge in [0, 0.05) is 22.2 Å². The molecular weight excluding hydrogens is 389 g/mol. The van der Waals surface area contributed by atoms with Crippen LogP contribution >= 0.6 is 0 Å². The summed E-state index contributed by atoms with van der Waals surface area (Å²) in [5.41, 5.74) is 7.26. The van der Waals surface area contributed by atoms with E-state index in [1.807, 2.05) is 20.8 Å². The van der Waals surface area contributed by atoms with Crippen molar-refractivity contribution in [3.63, 3.8) is 0 Å². The second-order valence-corrected chi connectivity index (χ2v) is 7.13. The Balaban J connectivity index is 1.66. The van der Waals surface area contributed by atoms with Gasteiger partial charge in [0.25, 0.3) is 5.91 Å². The van der Waals surface area contributed by atoms with Gasteiger partial charge in [0.1, 0.15) is 5.82 Å². The van der Waals surface area contributed by atoms with E-state index >= 15 is 0 Å². The summed E-state index contributed by atoms with van der Waals surface area (Å²) in [6.07, 6.45) is -0.0561. The molecule has 0 unspecified atom stereocenters. The molecule has 3 aromatic rings. The highest BCUT2D eigenvalue weighted by atomic mass is 19.1. The van der Waals surface area contributed by atoms with Crippen molar-refractivity contribution in [3.05, 3.63) is 59.0 Å². The molecule has 0 saturated carbocycles. The number of nitrogens with one attached hydrogen (secondary N) is 3. The molecule has 158 valence electrons. The number of fused-ring (bicyclic) bond motifs is 1. The number of halogens is 1. The molecule has 2 amide bonds. The lowest BCUT2D eigenvalue weighted by Crippen LogP contribution is -2.42. The van der Waals surface area contributed by atoms with Gasteiger partial charge in [-0.1, -0.05) is 0 Å². The molecule has 0 spiro atoms. The summed E-state index contributed by atoms with van der Waals surface area (Å²) in [7, 11) is 1.48. The molecular formula is C22H24FN3O4. The normalized spacial score (nSPS) is 10.9. The molecule has 7 nitrogen and oxygen atoms in total. The number of benzene rings is 2. The van der Waals surface area contributed by atoms with E-state index in [9.17, 15) is 14.0 Å². The monoisotopic (exact) mass is 413 g/mol. The van der Waals surface area contributed by atoms with Crippen LogP contribution in [-0.2, 0) is 11.2 Å². The average Bonchev–Trinajstić information content (AvgIpc) is 3.00. The number of amides is 2. The number of aryl methyl sites for hydroxylation is 1. The van der Waals surface area contributed by atoms with Crippen molar-refractivity contribution in [3.8, 4) is 11.5 Å². The zero-order valence-corrected chi connectivity index (χ0v) is 17.3. The standard InChI is InChI=1S/C22H24FN3O4/c1-12(2)30-19-8-5-14(9-20(19)29-4)22(28)26-25-21(27)11-16-13(3)24-18-7-6-15(23)10-17(16)18/h5-10,12,24H,11H2,1-4H3,(H,25,27)(H,26,28). The first-order valence-corrected chi connectivity index (χ1v) is 9.49. The number of methoxy groups -OCH3 is 1. The van der Waals surface area contributed by atoms with E-state index in [1.165, 1.54) is 25.3 Å². The lowest BCUT2D eigenvalue weighted by molar-refractivity contribution is -0.121. The average molecular weight is 413 g/mol. The lowest BCUT2D eigenvalue weighted by atomic mass is 10.1. The van der Waals surface area contributed by atoms with Gasteiger partial charge in [-0.05, 0) is 62.7 Å². The third-order valence-corrected chi connectivity index (χ3v) is 4.52. The number of hydrazine groups is 1. The fourth-order valence-electron chi connectivity index (χ4n) is 3.15. The molecule has 0 aliphatic carbocycles. The van der Waals surface area contributed by atoms with E-state index in [0.717, 1.165) is 11.2 Å². The Kier molecular flexibility index (Phi) is 6.25. The highest BCUT2D eigenvalue weighted by Gasteiger charge is 2.16. The van der Waals surface area contributed by atoms with Gasteiger partial charge in [0.05, 0.1) is 19.6 Å². The molecule has 2 aromatic carbocycles. The van der Waals surface area contributed by atoms with Gasteiger partial charge in [0.15, 0.2) is 11.5 Å². The van der Waals surface area contributed by atoms with Crippen LogP contribution in [-0.4, -0.2) is 30.0 Å². The van der Waals surface area contributed by atoms with Crippen LogP contribution in [0.4, 0.5) is 4.39 Å². The summed E-state index contributed by atoms with van der Waals surface area (Å²) in [5, 5.41) is 0.638. The molecule has 0 fully saturated rings. The van der Waals surface area contributed by atoms with Crippen LogP contribution in [0.3, 0.4) is 0 Å². The highest BCUT2D eigenvalue weighted by molar-refractivity contribution is 5.96. The molecule has 8 heteroatoms. The first-order chi connectivity index (χ1) is 14.3. The molecule has 3 N–H and O–H groups in total. The highest BCUT2D eigenvalue weighted by Crippen LogP contribution is 2.29. The largest absolute Gasteiger partial charge is 0.493 e. The third-order valence-electron chi connectivity index (χ3n) is 4.52. The molecule has 0 saturated heterocycles.